The fourth-order valence-corrected chi connectivity index (χ4v) is 4.43. The molecule has 0 bridgehead atoms. The summed E-state index contributed by atoms with van der Waals surface area (Å²) in [5.41, 5.74) is 0.999. The zero-order valence-corrected chi connectivity index (χ0v) is 11.5. The highest BCUT2D eigenvalue weighted by molar-refractivity contribution is 5.75. The number of carbonyl (C=O) groups is 1. The Morgan fingerprint density at radius 3 is 2.58 bits per heavy atom. The number of fused-ring (bicyclic) bond motifs is 3. The van der Waals surface area contributed by atoms with E-state index in [4.69, 9.17) is 4.74 Å². The van der Waals surface area contributed by atoms with Crippen molar-refractivity contribution in [2.24, 2.45) is 29.6 Å². The van der Waals surface area contributed by atoms with E-state index < -0.39 is 6.10 Å². The Balaban J connectivity index is 2.00. The smallest absolute Gasteiger partial charge is 0.309 e. The van der Waals surface area contributed by atoms with Crippen LogP contribution in [0, 0.1) is 29.6 Å². The minimum Gasteiger partial charge on any atom is -0.461 e. The van der Waals surface area contributed by atoms with Gasteiger partial charge in [0, 0.05) is 11.8 Å². The van der Waals surface area contributed by atoms with E-state index in [1.165, 1.54) is 0 Å². The summed E-state index contributed by atoms with van der Waals surface area (Å²) in [6.45, 7) is 7.93. The molecule has 0 radical (unpaired) electrons. The van der Waals surface area contributed by atoms with Crippen LogP contribution in [0.25, 0.3) is 0 Å². The zero-order chi connectivity index (χ0) is 13.9. The predicted octanol–water partition coefficient (Wildman–Crippen LogP) is 1.12. The van der Waals surface area contributed by atoms with E-state index in [1.807, 2.05) is 13.8 Å². The van der Waals surface area contributed by atoms with Crippen LogP contribution < -0.4 is 0 Å². The van der Waals surface area contributed by atoms with Crippen molar-refractivity contribution in [1.82, 2.24) is 0 Å². The van der Waals surface area contributed by atoms with E-state index in [9.17, 15) is 15.0 Å². The average Bonchev–Trinajstić information content (AvgIpc) is 2.75. The van der Waals surface area contributed by atoms with Gasteiger partial charge in [0.25, 0.3) is 0 Å². The lowest BCUT2D eigenvalue weighted by Gasteiger charge is -2.30. The van der Waals surface area contributed by atoms with Gasteiger partial charge in [0.2, 0.25) is 0 Å². The second-order valence-corrected chi connectivity index (χ2v) is 6.54. The van der Waals surface area contributed by atoms with Gasteiger partial charge in [0.05, 0.1) is 18.1 Å². The quantitative estimate of drug-likeness (QED) is 0.509. The maximum Gasteiger partial charge on any atom is 0.309 e. The van der Waals surface area contributed by atoms with Gasteiger partial charge in [-0.2, -0.15) is 0 Å². The van der Waals surface area contributed by atoms with Crippen molar-refractivity contribution >= 4 is 5.97 Å². The molecule has 0 spiro atoms. The van der Waals surface area contributed by atoms with Gasteiger partial charge in [-0.3, -0.25) is 4.79 Å². The first-order chi connectivity index (χ1) is 8.91. The molecule has 2 saturated carbocycles. The van der Waals surface area contributed by atoms with Crippen molar-refractivity contribution in [1.29, 1.82) is 0 Å². The largest absolute Gasteiger partial charge is 0.461 e. The first-order valence-corrected chi connectivity index (χ1v) is 7.16. The van der Waals surface area contributed by atoms with E-state index in [0.717, 1.165) is 5.57 Å². The van der Waals surface area contributed by atoms with Crippen LogP contribution >= 0.6 is 0 Å². The maximum atomic E-state index is 11.8. The molecular formula is C15H22O4. The number of hydrogen-bond donors (Lipinski definition) is 2. The topological polar surface area (TPSA) is 66.8 Å². The summed E-state index contributed by atoms with van der Waals surface area (Å²) in [5.74, 6) is -0.304. The molecule has 19 heavy (non-hydrogen) atoms. The van der Waals surface area contributed by atoms with Crippen LogP contribution in [0.15, 0.2) is 12.2 Å². The highest BCUT2D eigenvalue weighted by atomic mass is 16.6. The molecule has 2 aliphatic carbocycles. The fourth-order valence-electron chi connectivity index (χ4n) is 4.43. The first kappa shape index (κ1) is 13.1. The molecular weight excluding hydrogens is 244 g/mol. The second-order valence-electron chi connectivity index (χ2n) is 6.54. The Bertz CT molecular complexity index is 418. The van der Waals surface area contributed by atoms with Gasteiger partial charge >= 0.3 is 5.97 Å². The van der Waals surface area contributed by atoms with Crippen molar-refractivity contribution in [2.75, 3.05) is 0 Å². The lowest BCUT2D eigenvalue weighted by atomic mass is 9.77. The number of carbonyl (C=O) groups excluding carboxylic acids is 1. The number of aliphatic hydroxyl groups excluding tert-OH is 2. The number of hydrogen-bond acceptors (Lipinski definition) is 4. The number of rotatable bonds is 0. The molecule has 3 fully saturated rings. The van der Waals surface area contributed by atoms with Crippen LogP contribution in [0.4, 0.5) is 0 Å². The first-order valence-electron chi connectivity index (χ1n) is 7.16. The Hall–Kier alpha value is -0.870. The predicted molar refractivity (Wildman–Crippen MR) is 69.1 cm³/mol. The zero-order valence-electron chi connectivity index (χ0n) is 11.5. The summed E-state index contributed by atoms with van der Waals surface area (Å²) in [6, 6.07) is 0. The molecule has 1 heterocycles. The van der Waals surface area contributed by atoms with Crippen LogP contribution in [0.1, 0.15) is 26.7 Å². The molecule has 4 heteroatoms. The molecule has 106 valence electrons. The summed E-state index contributed by atoms with van der Waals surface area (Å²) in [5, 5.41) is 20.5. The lowest BCUT2D eigenvalue weighted by molar-refractivity contribution is -0.146. The van der Waals surface area contributed by atoms with E-state index in [2.05, 4.69) is 6.58 Å². The molecule has 3 aliphatic rings. The van der Waals surface area contributed by atoms with E-state index in [-0.39, 0.29) is 47.8 Å². The molecule has 1 saturated heterocycles. The van der Waals surface area contributed by atoms with Crippen LogP contribution in [-0.2, 0) is 9.53 Å². The lowest BCUT2D eigenvalue weighted by Crippen LogP contribution is -2.37. The van der Waals surface area contributed by atoms with Gasteiger partial charge in [-0.25, -0.2) is 0 Å². The van der Waals surface area contributed by atoms with Crippen molar-refractivity contribution in [3.8, 4) is 0 Å². The summed E-state index contributed by atoms with van der Waals surface area (Å²) in [7, 11) is 0. The molecule has 0 unspecified atom stereocenters. The fraction of sp³-hybridized carbons (Fsp3) is 0.800. The Morgan fingerprint density at radius 1 is 1.21 bits per heavy atom. The van der Waals surface area contributed by atoms with Crippen molar-refractivity contribution in [3.05, 3.63) is 12.2 Å². The molecule has 3 rings (SSSR count). The van der Waals surface area contributed by atoms with Crippen LogP contribution in [-0.4, -0.2) is 34.5 Å². The van der Waals surface area contributed by atoms with Gasteiger partial charge in [0.15, 0.2) is 0 Å². The standard InChI is InChI=1S/C15H22O4/c1-6-4-11(17)13-8(3)15(18)19-14(13)12-7(2)10(16)5-9(6)12/h7-14,16-17H,1,4-5H2,2-3H3/t7-,8+,9+,10+,11-,12+,13-,14-/m1/s1. The molecule has 4 nitrogen and oxygen atoms in total. The van der Waals surface area contributed by atoms with Gasteiger partial charge in [-0.05, 0) is 24.7 Å². The van der Waals surface area contributed by atoms with E-state index in [0.29, 0.717) is 12.8 Å². The van der Waals surface area contributed by atoms with Crippen molar-refractivity contribution < 1.29 is 19.7 Å². The summed E-state index contributed by atoms with van der Waals surface area (Å²) in [4.78, 5) is 11.8. The molecule has 0 amide bonds. The normalized spacial score (nSPS) is 53.5. The number of esters is 1. The van der Waals surface area contributed by atoms with Crippen LogP contribution in [0.5, 0.6) is 0 Å². The van der Waals surface area contributed by atoms with E-state index in [1.54, 1.807) is 0 Å². The van der Waals surface area contributed by atoms with Crippen molar-refractivity contribution in [2.45, 2.75) is 45.0 Å². The van der Waals surface area contributed by atoms with Gasteiger partial charge in [0.1, 0.15) is 6.10 Å². The number of aliphatic hydroxyl groups is 2. The van der Waals surface area contributed by atoms with Crippen molar-refractivity contribution in [3.63, 3.8) is 0 Å². The van der Waals surface area contributed by atoms with Gasteiger partial charge in [-0.15, -0.1) is 0 Å². The monoisotopic (exact) mass is 266 g/mol. The minimum absolute atomic E-state index is 0.0812. The van der Waals surface area contributed by atoms with Gasteiger partial charge < -0.3 is 14.9 Å². The van der Waals surface area contributed by atoms with E-state index >= 15 is 0 Å². The third-order valence-corrected chi connectivity index (χ3v) is 5.57. The third-order valence-electron chi connectivity index (χ3n) is 5.57. The van der Waals surface area contributed by atoms with Gasteiger partial charge in [-0.1, -0.05) is 26.0 Å². The van der Waals surface area contributed by atoms with Crippen LogP contribution in [0.2, 0.25) is 0 Å². The summed E-state index contributed by atoms with van der Waals surface area (Å²) < 4.78 is 5.56. The van der Waals surface area contributed by atoms with Crippen LogP contribution in [0.3, 0.4) is 0 Å². The molecule has 2 N–H and O–H groups in total. The summed E-state index contributed by atoms with van der Waals surface area (Å²) >= 11 is 0. The number of ether oxygens (including phenoxy) is 1. The molecule has 8 atom stereocenters. The Kier molecular flexibility index (Phi) is 2.98. The summed E-state index contributed by atoms with van der Waals surface area (Å²) in [6.07, 6.45) is -0.00463. The maximum absolute atomic E-state index is 11.8. The highest BCUT2D eigenvalue weighted by Gasteiger charge is 2.57. The molecule has 0 aromatic rings. The minimum atomic E-state index is -0.561. The Labute approximate surface area is 113 Å². The second kappa shape index (κ2) is 4.32. The molecule has 0 aromatic carbocycles. The average molecular weight is 266 g/mol. The molecule has 0 aromatic heterocycles. The SMILES string of the molecule is C=C1C[C@@H](O)[C@@H]2[C@H](OC(=O)[C@H]2C)[C@H]2[C@H](C)[C@@H](O)C[C@@H]12. The highest BCUT2D eigenvalue weighted by Crippen LogP contribution is 2.52. The Morgan fingerprint density at radius 2 is 1.89 bits per heavy atom. The molecule has 1 aliphatic heterocycles. The third kappa shape index (κ3) is 1.77.